The summed E-state index contributed by atoms with van der Waals surface area (Å²) in [5.74, 6) is 0.922. The van der Waals surface area contributed by atoms with E-state index in [4.69, 9.17) is 9.47 Å². The van der Waals surface area contributed by atoms with Gasteiger partial charge in [0.25, 0.3) is 0 Å². The molecule has 2 N–H and O–H groups in total. The lowest BCUT2D eigenvalue weighted by Gasteiger charge is -2.12. The predicted octanol–water partition coefficient (Wildman–Crippen LogP) is 1.92. The summed E-state index contributed by atoms with van der Waals surface area (Å²) in [4.78, 5) is 11.8. The molecule has 0 aromatic heterocycles. The van der Waals surface area contributed by atoms with Crippen LogP contribution in [-0.4, -0.2) is 31.9 Å². The van der Waals surface area contributed by atoms with Gasteiger partial charge in [0, 0.05) is 25.3 Å². The minimum atomic E-state index is -0.186. The topological polar surface area (TPSA) is 59.6 Å². The monoisotopic (exact) mass is 262 g/mol. The van der Waals surface area contributed by atoms with E-state index in [1.165, 1.54) is 0 Å². The van der Waals surface area contributed by atoms with Gasteiger partial charge in [-0.15, -0.1) is 0 Å². The molecule has 5 heteroatoms. The Balaban J connectivity index is 1.51. The number of anilines is 1. The first-order chi connectivity index (χ1) is 9.31. The molecule has 1 atom stereocenters. The quantitative estimate of drug-likeness (QED) is 0.875. The van der Waals surface area contributed by atoms with E-state index in [2.05, 4.69) is 10.6 Å². The standard InChI is InChI=1S/C14H18N2O3/c17-14(15-9-12-2-1-6-18-12)16-11-3-4-13-10(8-11)5-7-19-13/h3-4,8,12H,1-2,5-7,9H2,(H2,15,16,17)/t12-/m0/s1. The van der Waals surface area contributed by atoms with Crippen molar-refractivity contribution in [2.24, 2.45) is 0 Å². The van der Waals surface area contributed by atoms with Crippen LogP contribution in [0.5, 0.6) is 5.75 Å². The van der Waals surface area contributed by atoms with Gasteiger partial charge in [0.2, 0.25) is 0 Å². The van der Waals surface area contributed by atoms with Crippen LogP contribution in [0.15, 0.2) is 18.2 Å². The highest BCUT2D eigenvalue weighted by molar-refractivity contribution is 5.89. The molecule has 0 saturated carbocycles. The molecule has 0 radical (unpaired) electrons. The zero-order valence-corrected chi connectivity index (χ0v) is 10.8. The van der Waals surface area contributed by atoms with E-state index in [0.717, 1.165) is 49.5 Å². The van der Waals surface area contributed by atoms with Crippen molar-refractivity contribution in [1.82, 2.24) is 5.32 Å². The fourth-order valence-electron chi connectivity index (χ4n) is 2.45. The molecule has 0 unspecified atom stereocenters. The molecule has 2 aliphatic rings. The number of hydrogen-bond acceptors (Lipinski definition) is 3. The van der Waals surface area contributed by atoms with Crippen molar-refractivity contribution in [3.8, 4) is 5.75 Å². The number of fused-ring (bicyclic) bond motifs is 1. The number of benzene rings is 1. The Morgan fingerprint density at radius 3 is 3.16 bits per heavy atom. The molecule has 19 heavy (non-hydrogen) atoms. The van der Waals surface area contributed by atoms with Crippen LogP contribution < -0.4 is 15.4 Å². The highest BCUT2D eigenvalue weighted by Gasteiger charge is 2.16. The molecule has 1 aromatic rings. The van der Waals surface area contributed by atoms with E-state index >= 15 is 0 Å². The zero-order chi connectivity index (χ0) is 13.1. The third-order valence-corrected chi connectivity index (χ3v) is 3.46. The van der Waals surface area contributed by atoms with Crippen LogP contribution in [0.3, 0.4) is 0 Å². The Labute approximate surface area is 112 Å². The zero-order valence-electron chi connectivity index (χ0n) is 10.8. The average Bonchev–Trinajstić information content (AvgIpc) is 3.07. The van der Waals surface area contributed by atoms with Gasteiger partial charge in [-0.05, 0) is 36.6 Å². The molecular formula is C14H18N2O3. The molecule has 1 aromatic carbocycles. The van der Waals surface area contributed by atoms with Gasteiger partial charge in [0.15, 0.2) is 0 Å². The Bertz CT molecular complexity index is 470. The molecule has 2 heterocycles. The van der Waals surface area contributed by atoms with Crippen LogP contribution in [0.2, 0.25) is 0 Å². The molecule has 2 aliphatic heterocycles. The normalized spacial score (nSPS) is 20.7. The van der Waals surface area contributed by atoms with Crippen molar-refractivity contribution in [3.05, 3.63) is 23.8 Å². The minimum Gasteiger partial charge on any atom is -0.493 e. The van der Waals surface area contributed by atoms with Crippen molar-refractivity contribution in [3.63, 3.8) is 0 Å². The molecule has 1 saturated heterocycles. The number of amides is 2. The third-order valence-electron chi connectivity index (χ3n) is 3.46. The molecule has 0 spiro atoms. The third kappa shape index (κ3) is 2.98. The van der Waals surface area contributed by atoms with Crippen LogP contribution >= 0.6 is 0 Å². The summed E-state index contributed by atoms with van der Waals surface area (Å²) in [5.41, 5.74) is 1.95. The number of hydrogen-bond donors (Lipinski definition) is 2. The van der Waals surface area contributed by atoms with Crippen molar-refractivity contribution >= 4 is 11.7 Å². The maximum absolute atomic E-state index is 11.8. The lowest BCUT2D eigenvalue weighted by molar-refractivity contribution is 0.112. The number of nitrogens with one attached hydrogen (secondary N) is 2. The molecule has 0 aliphatic carbocycles. The molecule has 2 amide bonds. The molecular weight excluding hydrogens is 244 g/mol. The predicted molar refractivity (Wildman–Crippen MR) is 71.6 cm³/mol. The van der Waals surface area contributed by atoms with Gasteiger partial charge >= 0.3 is 6.03 Å². The van der Waals surface area contributed by atoms with Gasteiger partial charge in [-0.2, -0.15) is 0 Å². The van der Waals surface area contributed by atoms with E-state index in [0.29, 0.717) is 6.54 Å². The lowest BCUT2D eigenvalue weighted by atomic mass is 10.1. The SMILES string of the molecule is O=C(NC[C@@H]1CCCO1)Nc1ccc2c(c1)CCO2. The highest BCUT2D eigenvalue weighted by atomic mass is 16.5. The van der Waals surface area contributed by atoms with Crippen LogP contribution in [0.25, 0.3) is 0 Å². The van der Waals surface area contributed by atoms with E-state index in [-0.39, 0.29) is 12.1 Å². The molecule has 5 nitrogen and oxygen atoms in total. The van der Waals surface area contributed by atoms with Gasteiger partial charge < -0.3 is 20.1 Å². The first-order valence-corrected chi connectivity index (χ1v) is 6.73. The van der Waals surface area contributed by atoms with Crippen LogP contribution in [0, 0.1) is 0 Å². The van der Waals surface area contributed by atoms with E-state index in [1.807, 2.05) is 18.2 Å². The Kier molecular flexibility index (Phi) is 3.55. The van der Waals surface area contributed by atoms with Crippen LogP contribution in [0.4, 0.5) is 10.5 Å². The van der Waals surface area contributed by atoms with Crippen molar-refractivity contribution in [1.29, 1.82) is 0 Å². The van der Waals surface area contributed by atoms with E-state index < -0.39 is 0 Å². The molecule has 0 bridgehead atoms. The second kappa shape index (κ2) is 5.48. The number of urea groups is 1. The fraction of sp³-hybridized carbons (Fsp3) is 0.500. The molecule has 102 valence electrons. The fourth-order valence-corrected chi connectivity index (χ4v) is 2.45. The van der Waals surface area contributed by atoms with Crippen LogP contribution in [-0.2, 0) is 11.2 Å². The molecule has 1 fully saturated rings. The largest absolute Gasteiger partial charge is 0.493 e. The Morgan fingerprint density at radius 1 is 1.37 bits per heavy atom. The summed E-state index contributed by atoms with van der Waals surface area (Å²) in [5, 5.41) is 5.67. The second-order valence-corrected chi connectivity index (χ2v) is 4.89. The van der Waals surface area contributed by atoms with Crippen LogP contribution in [0.1, 0.15) is 18.4 Å². The summed E-state index contributed by atoms with van der Waals surface area (Å²) < 4.78 is 10.9. The summed E-state index contributed by atoms with van der Waals surface area (Å²) in [7, 11) is 0. The molecule has 3 rings (SSSR count). The number of carbonyl (C=O) groups is 1. The lowest BCUT2D eigenvalue weighted by Crippen LogP contribution is -2.35. The Morgan fingerprint density at radius 2 is 2.32 bits per heavy atom. The van der Waals surface area contributed by atoms with Gasteiger partial charge in [0.05, 0.1) is 12.7 Å². The summed E-state index contributed by atoms with van der Waals surface area (Å²) >= 11 is 0. The van der Waals surface area contributed by atoms with Gasteiger partial charge in [-0.25, -0.2) is 4.79 Å². The smallest absolute Gasteiger partial charge is 0.319 e. The Hall–Kier alpha value is -1.75. The van der Waals surface area contributed by atoms with Gasteiger partial charge in [0.1, 0.15) is 5.75 Å². The van der Waals surface area contributed by atoms with E-state index in [1.54, 1.807) is 0 Å². The number of carbonyl (C=O) groups excluding carboxylic acids is 1. The maximum atomic E-state index is 11.8. The highest BCUT2D eigenvalue weighted by Crippen LogP contribution is 2.27. The average molecular weight is 262 g/mol. The number of ether oxygens (including phenoxy) is 2. The van der Waals surface area contributed by atoms with Crippen molar-refractivity contribution in [2.75, 3.05) is 25.1 Å². The van der Waals surface area contributed by atoms with Gasteiger partial charge in [-0.1, -0.05) is 0 Å². The first kappa shape index (κ1) is 12.3. The summed E-state index contributed by atoms with van der Waals surface area (Å²) in [6.07, 6.45) is 3.18. The maximum Gasteiger partial charge on any atom is 0.319 e. The number of rotatable bonds is 3. The first-order valence-electron chi connectivity index (χ1n) is 6.73. The summed E-state index contributed by atoms with van der Waals surface area (Å²) in [6, 6.07) is 5.54. The van der Waals surface area contributed by atoms with Gasteiger partial charge in [-0.3, -0.25) is 0 Å². The second-order valence-electron chi connectivity index (χ2n) is 4.89. The van der Waals surface area contributed by atoms with Crippen molar-refractivity contribution in [2.45, 2.75) is 25.4 Å². The van der Waals surface area contributed by atoms with E-state index in [9.17, 15) is 4.79 Å². The van der Waals surface area contributed by atoms with Crippen molar-refractivity contribution < 1.29 is 14.3 Å². The minimum absolute atomic E-state index is 0.166. The summed E-state index contributed by atoms with van der Waals surface area (Å²) in [6.45, 7) is 2.10.